The Balaban J connectivity index is 1.62. The van der Waals surface area contributed by atoms with E-state index in [1.165, 1.54) is 11.8 Å². The smallest absolute Gasteiger partial charge is 0.234 e. The molecule has 0 aliphatic heterocycles. The quantitative estimate of drug-likeness (QED) is 0.689. The molecule has 3 rings (SSSR count). The molecule has 0 radical (unpaired) electrons. The number of hydrogen-bond donors (Lipinski definition) is 2. The van der Waals surface area contributed by atoms with Crippen LogP contribution in [0.3, 0.4) is 0 Å². The molecular weight excluding hydrogens is 344 g/mol. The van der Waals surface area contributed by atoms with Crippen LogP contribution in [0.4, 0.5) is 5.69 Å². The SMILES string of the molecule is Cc1ccc2nc(SCC(=O)Nc3ccc(C#N)c(Cl)c3)[nH]c2c1. The fourth-order valence-corrected chi connectivity index (χ4v) is 3.09. The maximum Gasteiger partial charge on any atom is 0.234 e. The highest BCUT2D eigenvalue weighted by Crippen LogP contribution is 2.22. The Morgan fingerprint density at radius 2 is 2.21 bits per heavy atom. The molecule has 0 aliphatic carbocycles. The Kier molecular flexibility index (Phi) is 4.74. The highest BCUT2D eigenvalue weighted by molar-refractivity contribution is 7.99. The number of fused-ring (bicyclic) bond motifs is 1. The number of amides is 1. The maximum absolute atomic E-state index is 12.0. The van der Waals surface area contributed by atoms with Crippen molar-refractivity contribution in [2.45, 2.75) is 12.1 Å². The van der Waals surface area contributed by atoms with Gasteiger partial charge in [-0.15, -0.1) is 0 Å². The summed E-state index contributed by atoms with van der Waals surface area (Å²) in [7, 11) is 0. The summed E-state index contributed by atoms with van der Waals surface area (Å²) in [4.78, 5) is 19.7. The summed E-state index contributed by atoms with van der Waals surface area (Å²) in [6.07, 6.45) is 0. The number of rotatable bonds is 4. The molecule has 2 aromatic carbocycles. The number of nitrogens with one attached hydrogen (secondary N) is 2. The van der Waals surface area contributed by atoms with E-state index >= 15 is 0 Å². The van der Waals surface area contributed by atoms with E-state index < -0.39 is 0 Å². The van der Waals surface area contributed by atoms with Gasteiger partial charge in [-0.3, -0.25) is 4.79 Å². The molecule has 0 unspecified atom stereocenters. The van der Waals surface area contributed by atoms with E-state index in [1.54, 1.807) is 18.2 Å². The van der Waals surface area contributed by atoms with E-state index in [0.717, 1.165) is 16.6 Å². The lowest BCUT2D eigenvalue weighted by Crippen LogP contribution is -2.14. The van der Waals surface area contributed by atoms with Gasteiger partial charge in [0.1, 0.15) is 6.07 Å². The number of carbonyl (C=O) groups excluding carboxylic acids is 1. The third-order valence-electron chi connectivity index (χ3n) is 3.33. The zero-order chi connectivity index (χ0) is 17.1. The van der Waals surface area contributed by atoms with Gasteiger partial charge in [-0.05, 0) is 42.8 Å². The predicted octanol–water partition coefficient (Wildman–Crippen LogP) is 4.13. The van der Waals surface area contributed by atoms with Crippen LogP contribution in [0.5, 0.6) is 0 Å². The van der Waals surface area contributed by atoms with Crippen molar-refractivity contribution in [1.29, 1.82) is 5.26 Å². The molecule has 2 N–H and O–H groups in total. The first-order valence-electron chi connectivity index (χ1n) is 7.14. The number of aryl methyl sites for hydroxylation is 1. The minimum absolute atomic E-state index is 0.169. The van der Waals surface area contributed by atoms with Crippen molar-refractivity contribution >= 4 is 46.0 Å². The number of halogens is 1. The second-order valence-electron chi connectivity index (χ2n) is 5.21. The first-order valence-corrected chi connectivity index (χ1v) is 8.50. The number of aromatic nitrogens is 2. The normalized spacial score (nSPS) is 10.5. The number of thioether (sulfide) groups is 1. The largest absolute Gasteiger partial charge is 0.333 e. The molecular formula is C17H13ClN4OS. The Morgan fingerprint density at radius 1 is 1.38 bits per heavy atom. The summed E-state index contributed by atoms with van der Waals surface area (Å²) >= 11 is 7.28. The predicted molar refractivity (Wildman–Crippen MR) is 96.4 cm³/mol. The van der Waals surface area contributed by atoms with Crippen LogP contribution in [0.1, 0.15) is 11.1 Å². The molecule has 0 spiro atoms. The molecule has 1 amide bonds. The second-order valence-corrected chi connectivity index (χ2v) is 6.58. The van der Waals surface area contributed by atoms with Gasteiger partial charge in [-0.2, -0.15) is 5.26 Å². The van der Waals surface area contributed by atoms with Crippen LogP contribution in [0.25, 0.3) is 11.0 Å². The lowest BCUT2D eigenvalue weighted by Gasteiger charge is -2.05. The monoisotopic (exact) mass is 356 g/mol. The molecule has 0 saturated heterocycles. The fraction of sp³-hybridized carbons (Fsp3) is 0.118. The van der Waals surface area contributed by atoms with Crippen LogP contribution in [0, 0.1) is 18.3 Å². The Labute approximate surface area is 148 Å². The highest BCUT2D eigenvalue weighted by atomic mass is 35.5. The number of imidazole rings is 1. The van der Waals surface area contributed by atoms with Gasteiger partial charge < -0.3 is 10.3 Å². The van der Waals surface area contributed by atoms with Crippen LogP contribution in [-0.2, 0) is 4.79 Å². The number of nitriles is 1. The molecule has 0 bridgehead atoms. The highest BCUT2D eigenvalue weighted by Gasteiger charge is 2.09. The maximum atomic E-state index is 12.0. The minimum atomic E-state index is -0.169. The van der Waals surface area contributed by atoms with E-state index in [4.69, 9.17) is 16.9 Å². The Hall–Kier alpha value is -2.49. The number of anilines is 1. The Morgan fingerprint density at radius 3 is 2.96 bits per heavy atom. The van der Waals surface area contributed by atoms with Gasteiger partial charge in [-0.25, -0.2) is 4.98 Å². The van der Waals surface area contributed by atoms with E-state index in [0.29, 0.717) is 21.4 Å². The fourth-order valence-electron chi connectivity index (χ4n) is 2.18. The standard InChI is InChI=1S/C17H13ClN4OS/c1-10-2-5-14-15(6-10)22-17(21-14)24-9-16(23)20-12-4-3-11(8-19)13(18)7-12/h2-7H,9H2,1H3,(H,20,23)(H,21,22). The second kappa shape index (κ2) is 6.95. The average Bonchev–Trinajstić information content (AvgIpc) is 2.95. The first kappa shape index (κ1) is 16.4. The minimum Gasteiger partial charge on any atom is -0.333 e. The van der Waals surface area contributed by atoms with Crippen molar-refractivity contribution < 1.29 is 4.79 Å². The molecule has 0 fully saturated rings. The van der Waals surface area contributed by atoms with Crippen LogP contribution in [0.2, 0.25) is 5.02 Å². The van der Waals surface area contributed by atoms with Gasteiger partial charge in [0.2, 0.25) is 5.91 Å². The molecule has 3 aromatic rings. The summed E-state index contributed by atoms with van der Waals surface area (Å²) in [5.41, 5.74) is 3.92. The zero-order valence-corrected chi connectivity index (χ0v) is 14.3. The summed E-state index contributed by atoms with van der Waals surface area (Å²) in [6.45, 7) is 2.02. The van der Waals surface area contributed by atoms with Gasteiger partial charge in [0.25, 0.3) is 0 Å². The number of carbonyl (C=O) groups is 1. The van der Waals surface area contributed by atoms with Crippen LogP contribution < -0.4 is 5.32 Å². The van der Waals surface area contributed by atoms with Crippen molar-refractivity contribution in [2.24, 2.45) is 0 Å². The molecule has 0 aliphatic rings. The number of nitrogens with zero attached hydrogens (tertiary/aromatic N) is 2. The molecule has 1 aromatic heterocycles. The zero-order valence-electron chi connectivity index (χ0n) is 12.8. The average molecular weight is 357 g/mol. The lowest BCUT2D eigenvalue weighted by molar-refractivity contribution is -0.113. The van der Waals surface area contributed by atoms with Gasteiger partial charge >= 0.3 is 0 Å². The third kappa shape index (κ3) is 3.70. The molecule has 0 atom stereocenters. The molecule has 24 heavy (non-hydrogen) atoms. The van der Waals surface area contributed by atoms with Gasteiger partial charge in [-0.1, -0.05) is 29.4 Å². The third-order valence-corrected chi connectivity index (χ3v) is 4.51. The van der Waals surface area contributed by atoms with Crippen molar-refractivity contribution in [3.8, 4) is 6.07 Å². The molecule has 5 nitrogen and oxygen atoms in total. The van der Waals surface area contributed by atoms with Gasteiger partial charge in [0.15, 0.2) is 5.16 Å². The van der Waals surface area contributed by atoms with Crippen molar-refractivity contribution in [3.05, 3.63) is 52.5 Å². The van der Waals surface area contributed by atoms with Gasteiger partial charge in [0.05, 0.1) is 27.4 Å². The summed E-state index contributed by atoms with van der Waals surface area (Å²) < 4.78 is 0. The van der Waals surface area contributed by atoms with Crippen LogP contribution in [-0.4, -0.2) is 21.6 Å². The summed E-state index contributed by atoms with van der Waals surface area (Å²) in [5.74, 6) is 0.0496. The first-order chi connectivity index (χ1) is 11.5. The van der Waals surface area contributed by atoms with Gasteiger partial charge in [0, 0.05) is 5.69 Å². The van der Waals surface area contributed by atoms with E-state index in [9.17, 15) is 4.79 Å². The van der Waals surface area contributed by atoms with E-state index in [-0.39, 0.29) is 11.7 Å². The summed E-state index contributed by atoms with van der Waals surface area (Å²) in [5, 5.41) is 12.6. The number of H-pyrrole nitrogens is 1. The summed E-state index contributed by atoms with van der Waals surface area (Å²) in [6, 6.07) is 12.7. The molecule has 1 heterocycles. The Bertz CT molecular complexity index is 961. The van der Waals surface area contributed by atoms with Crippen molar-refractivity contribution in [1.82, 2.24) is 9.97 Å². The molecule has 120 valence electrons. The van der Waals surface area contributed by atoms with Crippen LogP contribution in [0.15, 0.2) is 41.6 Å². The molecule has 7 heteroatoms. The number of aromatic amines is 1. The van der Waals surface area contributed by atoms with E-state index in [2.05, 4.69) is 15.3 Å². The lowest BCUT2D eigenvalue weighted by atomic mass is 10.2. The number of hydrogen-bond acceptors (Lipinski definition) is 4. The van der Waals surface area contributed by atoms with E-state index in [1.807, 2.05) is 31.2 Å². The molecule has 0 saturated carbocycles. The number of benzene rings is 2. The van der Waals surface area contributed by atoms with Crippen LogP contribution >= 0.6 is 23.4 Å². The van der Waals surface area contributed by atoms with Crippen molar-refractivity contribution in [3.63, 3.8) is 0 Å². The topological polar surface area (TPSA) is 81.6 Å². The van der Waals surface area contributed by atoms with Crippen molar-refractivity contribution in [2.75, 3.05) is 11.1 Å².